The Morgan fingerprint density at radius 1 is 1.20 bits per heavy atom. The highest BCUT2D eigenvalue weighted by molar-refractivity contribution is 6.33. The van der Waals surface area contributed by atoms with E-state index < -0.39 is 0 Å². The summed E-state index contributed by atoms with van der Waals surface area (Å²) in [5.74, 6) is 0.481. The summed E-state index contributed by atoms with van der Waals surface area (Å²) in [7, 11) is 0. The third kappa shape index (κ3) is 2.47. The maximum atomic E-state index is 11.3. The first-order chi connectivity index (χ1) is 9.65. The maximum Gasteiger partial charge on any atom is 0.262 e. The third-order valence-corrected chi connectivity index (χ3v) is 3.94. The molecule has 0 saturated carbocycles. The summed E-state index contributed by atoms with van der Waals surface area (Å²) >= 11 is 12.6. The smallest absolute Gasteiger partial charge is 0.262 e. The lowest BCUT2D eigenvalue weighted by molar-refractivity contribution is -0.118. The number of carbonyl (C=O) groups is 1. The van der Waals surface area contributed by atoms with E-state index in [1.54, 1.807) is 12.1 Å². The number of fused-ring (bicyclic) bond motifs is 1. The van der Waals surface area contributed by atoms with Gasteiger partial charge in [0.1, 0.15) is 5.75 Å². The minimum atomic E-state index is -0.382. The first kappa shape index (κ1) is 13.3. The fourth-order valence-electron chi connectivity index (χ4n) is 2.12. The van der Waals surface area contributed by atoms with Crippen LogP contribution in [0.25, 0.3) is 0 Å². The first-order valence-corrected chi connectivity index (χ1v) is 6.91. The van der Waals surface area contributed by atoms with E-state index in [2.05, 4.69) is 5.32 Å². The second kappa shape index (κ2) is 5.35. The van der Waals surface area contributed by atoms with Crippen LogP contribution in [0, 0.1) is 0 Å². The zero-order chi connectivity index (χ0) is 14.1. The Labute approximate surface area is 126 Å². The van der Waals surface area contributed by atoms with Crippen LogP contribution < -0.4 is 10.1 Å². The molecule has 20 heavy (non-hydrogen) atoms. The Hall–Kier alpha value is -1.71. The Morgan fingerprint density at radius 3 is 2.80 bits per heavy atom. The number of hydrogen-bond acceptors (Lipinski definition) is 2. The topological polar surface area (TPSA) is 38.3 Å². The van der Waals surface area contributed by atoms with Crippen LogP contribution in [-0.4, -0.2) is 12.5 Å². The minimum absolute atomic E-state index is 0.0428. The van der Waals surface area contributed by atoms with Gasteiger partial charge in [-0.1, -0.05) is 35.9 Å². The molecule has 1 heterocycles. The van der Waals surface area contributed by atoms with Crippen molar-refractivity contribution in [3.63, 3.8) is 0 Å². The predicted molar refractivity (Wildman–Crippen MR) is 79.7 cm³/mol. The van der Waals surface area contributed by atoms with Crippen molar-refractivity contribution in [3.05, 3.63) is 58.6 Å². The van der Waals surface area contributed by atoms with E-state index in [-0.39, 0.29) is 17.9 Å². The van der Waals surface area contributed by atoms with Gasteiger partial charge in [0.25, 0.3) is 5.91 Å². The molecule has 0 saturated heterocycles. The van der Waals surface area contributed by atoms with E-state index in [0.29, 0.717) is 16.5 Å². The number of anilines is 1. The van der Waals surface area contributed by atoms with Gasteiger partial charge in [0, 0.05) is 5.02 Å². The van der Waals surface area contributed by atoms with Crippen molar-refractivity contribution in [2.24, 2.45) is 0 Å². The van der Waals surface area contributed by atoms with Crippen LogP contribution in [0.4, 0.5) is 5.69 Å². The molecule has 1 aliphatic heterocycles. The van der Waals surface area contributed by atoms with Gasteiger partial charge in [-0.2, -0.15) is 0 Å². The molecule has 1 atom stereocenters. The number of halogens is 2. The molecule has 3 rings (SSSR count). The van der Waals surface area contributed by atoms with Crippen LogP contribution in [0.3, 0.4) is 0 Å². The second-order valence-electron chi connectivity index (χ2n) is 4.48. The van der Waals surface area contributed by atoms with Gasteiger partial charge in [-0.15, -0.1) is 11.6 Å². The van der Waals surface area contributed by atoms with Crippen molar-refractivity contribution >= 4 is 34.8 Å². The summed E-state index contributed by atoms with van der Waals surface area (Å²) in [6.07, 6.45) is 0. The lowest BCUT2D eigenvalue weighted by Gasteiger charge is -2.20. The number of nitrogens with one attached hydrogen (secondary N) is 1. The van der Waals surface area contributed by atoms with Crippen molar-refractivity contribution < 1.29 is 9.53 Å². The highest BCUT2D eigenvalue weighted by Gasteiger charge is 2.19. The average molecular weight is 308 g/mol. The molecule has 1 unspecified atom stereocenters. The van der Waals surface area contributed by atoms with Crippen LogP contribution in [0.2, 0.25) is 5.02 Å². The third-order valence-electron chi connectivity index (χ3n) is 3.11. The van der Waals surface area contributed by atoms with Crippen LogP contribution in [0.5, 0.6) is 5.75 Å². The van der Waals surface area contributed by atoms with Gasteiger partial charge in [-0.25, -0.2) is 0 Å². The molecule has 1 N–H and O–H groups in total. The van der Waals surface area contributed by atoms with Crippen LogP contribution in [-0.2, 0) is 4.79 Å². The van der Waals surface area contributed by atoms with Gasteiger partial charge in [0.15, 0.2) is 6.61 Å². The van der Waals surface area contributed by atoms with Crippen molar-refractivity contribution in [2.45, 2.75) is 5.38 Å². The van der Waals surface area contributed by atoms with Gasteiger partial charge in [-0.05, 0) is 29.3 Å². The Morgan fingerprint density at radius 2 is 2.00 bits per heavy atom. The van der Waals surface area contributed by atoms with Gasteiger partial charge in [0.05, 0.1) is 11.1 Å². The monoisotopic (exact) mass is 307 g/mol. The molecule has 0 spiro atoms. The van der Waals surface area contributed by atoms with E-state index in [1.165, 1.54) is 0 Å². The summed E-state index contributed by atoms with van der Waals surface area (Å²) in [6.45, 7) is 0.0428. The zero-order valence-electron chi connectivity index (χ0n) is 10.4. The SMILES string of the molecule is O=C1COc2ccc(C(Cl)c3ccccc3Cl)cc2N1. The number of ether oxygens (including phenoxy) is 1. The molecule has 0 fully saturated rings. The van der Waals surface area contributed by atoms with Crippen molar-refractivity contribution in [1.82, 2.24) is 0 Å². The molecule has 2 aromatic carbocycles. The molecule has 3 nitrogen and oxygen atoms in total. The Bertz CT molecular complexity index is 673. The number of alkyl halides is 1. The van der Waals surface area contributed by atoms with Gasteiger partial charge in [-0.3, -0.25) is 4.79 Å². The molecule has 102 valence electrons. The first-order valence-electron chi connectivity index (χ1n) is 6.10. The van der Waals surface area contributed by atoms with E-state index in [1.807, 2.05) is 30.3 Å². The Kier molecular flexibility index (Phi) is 3.55. The van der Waals surface area contributed by atoms with E-state index >= 15 is 0 Å². The van der Waals surface area contributed by atoms with E-state index in [9.17, 15) is 4.79 Å². The summed E-state index contributed by atoms with van der Waals surface area (Å²) in [5.41, 5.74) is 2.32. The van der Waals surface area contributed by atoms with Crippen LogP contribution in [0.15, 0.2) is 42.5 Å². The fraction of sp³-hybridized carbons (Fsp3) is 0.133. The number of hydrogen-bond donors (Lipinski definition) is 1. The van der Waals surface area contributed by atoms with Crippen LogP contribution >= 0.6 is 23.2 Å². The Balaban J connectivity index is 1.97. The molecule has 0 radical (unpaired) electrons. The minimum Gasteiger partial charge on any atom is -0.482 e. The van der Waals surface area contributed by atoms with Crippen molar-refractivity contribution in [1.29, 1.82) is 0 Å². The van der Waals surface area contributed by atoms with Gasteiger partial charge in [0.2, 0.25) is 0 Å². The summed E-state index contributed by atoms with van der Waals surface area (Å²) in [4.78, 5) is 11.3. The van der Waals surface area contributed by atoms with E-state index in [4.69, 9.17) is 27.9 Å². The highest BCUT2D eigenvalue weighted by Crippen LogP contribution is 2.37. The highest BCUT2D eigenvalue weighted by atomic mass is 35.5. The van der Waals surface area contributed by atoms with Gasteiger partial charge < -0.3 is 10.1 Å². The summed E-state index contributed by atoms with van der Waals surface area (Å²) in [5, 5.41) is 3.00. The standard InChI is InChI=1S/C15H11Cl2NO2/c16-11-4-2-1-3-10(11)15(17)9-5-6-13-12(7-9)18-14(19)8-20-13/h1-7,15H,8H2,(H,18,19). The average Bonchev–Trinajstić information content (AvgIpc) is 2.46. The normalized spacial score (nSPS) is 15.0. The lowest BCUT2D eigenvalue weighted by atomic mass is 10.0. The van der Waals surface area contributed by atoms with Crippen molar-refractivity contribution in [3.8, 4) is 5.75 Å². The molecular weight excluding hydrogens is 297 g/mol. The number of amides is 1. The molecular formula is C15H11Cl2NO2. The summed E-state index contributed by atoms with van der Waals surface area (Å²) < 4.78 is 5.32. The predicted octanol–water partition coefficient (Wildman–Crippen LogP) is 4.00. The second-order valence-corrected chi connectivity index (χ2v) is 5.32. The molecule has 1 aliphatic rings. The quantitative estimate of drug-likeness (QED) is 0.852. The largest absolute Gasteiger partial charge is 0.482 e. The molecule has 0 aliphatic carbocycles. The number of carbonyl (C=O) groups excluding carboxylic acids is 1. The van der Waals surface area contributed by atoms with Gasteiger partial charge >= 0.3 is 0 Å². The molecule has 0 aromatic heterocycles. The zero-order valence-corrected chi connectivity index (χ0v) is 11.9. The van der Waals surface area contributed by atoms with Crippen molar-refractivity contribution in [2.75, 3.05) is 11.9 Å². The summed E-state index contributed by atoms with van der Waals surface area (Å²) in [6, 6.07) is 12.9. The van der Waals surface area contributed by atoms with Crippen LogP contribution in [0.1, 0.15) is 16.5 Å². The lowest BCUT2D eigenvalue weighted by Crippen LogP contribution is -2.25. The number of benzene rings is 2. The number of rotatable bonds is 2. The van der Waals surface area contributed by atoms with E-state index in [0.717, 1.165) is 11.1 Å². The molecule has 5 heteroatoms. The molecule has 2 aromatic rings. The maximum absolute atomic E-state index is 11.3. The molecule has 0 bridgehead atoms. The molecule has 1 amide bonds. The fourth-order valence-corrected chi connectivity index (χ4v) is 2.75.